The third kappa shape index (κ3) is 3.62. The van der Waals surface area contributed by atoms with Gasteiger partial charge in [0.2, 0.25) is 15.9 Å². The first kappa shape index (κ1) is 18.1. The van der Waals surface area contributed by atoms with Crippen LogP contribution in [0.15, 0.2) is 48.5 Å². The van der Waals surface area contributed by atoms with Crippen molar-refractivity contribution < 1.29 is 13.2 Å². The van der Waals surface area contributed by atoms with Crippen molar-refractivity contribution in [3.63, 3.8) is 0 Å². The fraction of sp³-hybridized carbons (Fsp3) is 0.263. The zero-order valence-corrected chi connectivity index (χ0v) is 15.2. The number of rotatable bonds is 4. The minimum Gasteiger partial charge on any atom is -0.325 e. The van der Waals surface area contributed by atoms with Crippen molar-refractivity contribution in [3.05, 3.63) is 65.2 Å². The topological polar surface area (TPSA) is 90.3 Å². The van der Waals surface area contributed by atoms with E-state index in [1.165, 1.54) is 4.31 Å². The van der Waals surface area contributed by atoms with Crippen molar-refractivity contribution >= 4 is 21.6 Å². The first-order valence-corrected chi connectivity index (χ1v) is 9.93. The molecule has 0 spiro atoms. The molecule has 1 amide bonds. The van der Waals surface area contributed by atoms with Crippen LogP contribution >= 0.6 is 0 Å². The molecule has 0 aromatic heterocycles. The number of benzene rings is 2. The van der Waals surface area contributed by atoms with Gasteiger partial charge in [-0.2, -0.15) is 9.57 Å². The highest BCUT2D eigenvalue weighted by Crippen LogP contribution is 2.27. The molecule has 2 aromatic rings. The zero-order chi connectivity index (χ0) is 18.7. The van der Waals surface area contributed by atoms with E-state index in [9.17, 15) is 13.2 Å². The molecule has 26 heavy (non-hydrogen) atoms. The largest absolute Gasteiger partial charge is 0.325 e. The summed E-state index contributed by atoms with van der Waals surface area (Å²) in [5.41, 5.74) is 2.79. The van der Waals surface area contributed by atoms with E-state index in [-0.39, 0.29) is 12.3 Å². The summed E-state index contributed by atoms with van der Waals surface area (Å²) < 4.78 is 26.3. The maximum atomic E-state index is 12.8. The highest BCUT2D eigenvalue weighted by Gasteiger charge is 2.37. The van der Waals surface area contributed by atoms with Crippen molar-refractivity contribution in [3.8, 4) is 6.07 Å². The van der Waals surface area contributed by atoms with E-state index in [2.05, 4.69) is 5.32 Å². The van der Waals surface area contributed by atoms with Gasteiger partial charge in [0.15, 0.2) is 0 Å². The molecule has 1 unspecified atom stereocenters. The number of anilines is 1. The molecule has 1 heterocycles. The molecule has 7 heteroatoms. The summed E-state index contributed by atoms with van der Waals surface area (Å²) in [6.07, 6.45) is 0.319. The molecule has 0 bridgehead atoms. The molecule has 3 rings (SSSR count). The molecule has 0 radical (unpaired) electrons. The molecule has 134 valence electrons. The van der Waals surface area contributed by atoms with Gasteiger partial charge in [-0.3, -0.25) is 4.79 Å². The van der Waals surface area contributed by atoms with Crippen LogP contribution in [-0.2, 0) is 27.8 Å². The van der Waals surface area contributed by atoms with E-state index in [0.29, 0.717) is 17.7 Å². The van der Waals surface area contributed by atoms with Crippen molar-refractivity contribution in [2.75, 3.05) is 11.1 Å². The van der Waals surface area contributed by atoms with Gasteiger partial charge in [0.25, 0.3) is 0 Å². The van der Waals surface area contributed by atoms with E-state index in [1.807, 2.05) is 30.3 Å². The predicted octanol–water partition coefficient (Wildman–Crippen LogP) is 2.27. The summed E-state index contributed by atoms with van der Waals surface area (Å²) in [6, 6.07) is 15.3. The van der Waals surface area contributed by atoms with Crippen molar-refractivity contribution in [2.45, 2.75) is 25.9 Å². The Morgan fingerprint density at radius 2 is 1.96 bits per heavy atom. The third-order valence-electron chi connectivity index (χ3n) is 4.49. The number of sulfonamides is 1. The second-order valence-corrected chi connectivity index (χ2v) is 8.33. The van der Waals surface area contributed by atoms with Crippen LogP contribution in [0.1, 0.15) is 23.6 Å². The number of nitriles is 1. The lowest BCUT2D eigenvalue weighted by atomic mass is 9.95. The van der Waals surface area contributed by atoms with Crippen LogP contribution in [0.4, 0.5) is 5.69 Å². The van der Waals surface area contributed by atoms with Gasteiger partial charge in [-0.05, 0) is 42.7 Å². The lowest BCUT2D eigenvalue weighted by Gasteiger charge is -2.34. The van der Waals surface area contributed by atoms with Crippen LogP contribution in [0.2, 0.25) is 0 Å². The number of fused-ring (bicyclic) bond motifs is 1. The van der Waals surface area contributed by atoms with Gasteiger partial charge in [-0.1, -0.05) is 30.3 Å². The van der Waals surface area contributed by atoms with Crippen LogP contribution in [-0.4, -0.2) is 30.4 Å². The number of amides is 1. The Kier molecular flexibility index (Phi) is 5.07. The molecule has 1 N–H and O–H groups in total. The Hall–Kier alpha value is -2.69. The van der Waals surface area contributed by atoms with Crippen molar-refractivity contribution in [2.24, 2.45) is 0 Å². The van der Waals surface area contributed by atoms with Gasteiger partial charge < -0.3 is 5.32 Å². The van der Waals surface area contributed by atoms with E-state index in [1.54, 1.807) is 31.2 Å². The number of carbonyl (C=O) groups is 1. The highest BCUT2D eigenvalue weighted by molar-refractivity contribution is 7.89. The summed E-state index contributed by atoms with van der Waals surface area (Å²) in [5, 5.41) is 11.7. The van der Waals surface area contributed by atoms with E-state index < -0.39 is 22.0 Å². The lowest BCUT2D eigenvalue weighted by molar-refractivity contribution is -0.120. The normalized spacial score (nSPS) is 17.2. The molecule has 0 saturated carbocycles. The zero-order valence-electron chi connectivity index (χ0n) is 14.3. The van der Waals surface area contributed by atoms with Gasteiger partial charge in [0.05, 0.1) is 17.4 Å². The Bertz CT molecular complexity index is 980. The van der Waals surface area contributed by atoms with Crippen molar-refractivity contribution in [1.29, 1.82) is 5.26 Å². The number of nitrogens with one attached hydrogen (secondary N) is 1. The Balaban J connectivity index is 1.92. The highest BCUT2D eigenvalue weighted by atomic mass is 32.2. The van der Waals surface area contributed by atoms with Crippen LogP contribution in [0.25, 0.3) is 0 Å². The number of hydrogen-bond donors (Lipinski definition) is 1. The first-order valence-electron chi connectivity index (χ1n) is 8.32. The summed E-state index contributed by atoms with van der Waals surface area (Å²) in [6.45, 7) is 1.75. The summed E-state index contributed by atoms with van der Waals surface area (Å²) >= 11 is 0. The minimum atomic E-state index is -3.54. The van der Waals surface area contributed by atoms with E-state index in [0.717, 1.165) is 11.1 Å². The average Bonchev–Trinajstić information content (AvgIpc) is 2.67. The smallest absolute Gasteiger partial charge is 0.243 e. The van der Waals surface area contributed by atoms with Crippen LogP contribution in [0, 0.1) is 11.3 Å². The second kappa shape index (κ2) is 7.28. The average molecular weight is 369 g/mol. The van der Waals surface area contributed by atoms with Crippen LogP contribution < -0.4 is 5.32 Å². The predicted molar refractivity (Wildman–Crippen MR) is 98.7 cm³/mol. The summed E-state index contributed by atoms with van der Waals surface area (Å²) in [4.78, 5) is 12.8. The Morgan fingerprint density at radius 1 is 1.23 bits per heavy atom. The monoisotopic (exact) mass is 369 g/mol. The van der Waals surface area contributed by atoms with Gasteiger partial charge in [-0.15, -0.1) is 0 Å². The van der Waals surface area contributed by atoms with E-state index in [4.69, 9.17) is 5.26 Å². The lowest BCUT2D eigenvalue weighted by Crippen LogP contribution is -2.51. The molecule has 0 fully saturated rings. The van der Waals surface area contributed by atoms with Crippen LogP contribution in [0.5, 0.6) is 0 Å². The standard InChI is InChI=1S/C19H19N3O3S/c1-2-26(24,25)22-13-16-8-4-3-7-15(16)11-18(22)19(23)21-17-9-5-6-14(10-17)12-20/h3-10,18H,2,11,13H2,1H3,(H,21,23). The van der Waals surface area contributed by atoms with Gasteiger partial charge >= 0.3 is 0 Å². The molecule has 2 aromatic carbocycles. The maximum absolute atomic E-state index is 12.8. The van der Waals surface area contributed by atoms with Gasteiger partial charge in [0, 0.05) is 12.2 Å². The molecule has 0 aliphatic carbocycles. The Labute approximate surface area is 153 Å². The van der Waals surface area contributed by atoms with Gasteiger partial charge in [0.1, 0.15) is 6.04 Å². The number of hydrogen-bond acceptors (Lipinski definition) is 4. The third-order valence-corrected chi connectivity index (χ3v) is 6.32. The quantitative estimate of drug-likeness (QED) is 0.895. The second-order valence-electron chi connectivity index (χ2n) is 6.12. The summed E-state index contributed by atoms with van der Waals surface area (Å²) in [5.74, 6) is -0.463. The molecular formula is C19H19N3O3S. The number of carbonyl (C=O) groups excluding carboxylic acids is 1. The number of nitrogens with zero attached hydrogens (tertiary/aromatic N) is 2. The fourth-order valence-electron chi connectivity index (χ4n) is 3.07. The Morgan fingerprint density at radius 3 is 2.65 bits per heavy atom. The molecule has 1 atom stereocenters. The van der Waals surface area contributed by atoms with Crippen molar-refractivity contribution in [1.82, 2.24) is 4.31 Å². The first-order chi connectivity index (χ1) is 12.4. The molecule has 6 nitrogen and oxygen atoms in total. The maximum Gasteiger partial charge on any atom is 0.243 e. The van der Waals surface area contributed by atoms with E-state index >= 15 is 0 Å². The van der Waals surface area contributed by atoms with Crippen LogP contribution in [0.3, 0.4) is 0 Å². The molecule has 1 aliphatic heterocycles. The molecule has 0 saturated heterocycles. The summed E-state index contributed by atoms with van der Waals surface area (Å²) in [7, 11) is -3.54. The fourth-order valence-corrected chi connectivity index (χ4v) is 4.30. The molecule has 1 aliphatic rings. The molecular weight excluding hydrogens is 350 g/mol. The minimum absolute atomic E-state index is 0.0666. The SMILES string of the molecule is CCS(=O)(=O)N1Cc2ccccc2CC1C(=O)Nc1cccc(C#N)c1. The van der Waals surface area contributed by atoms with Gasteiger partial charge in [-0.25, -0.2) is 8.42 Å².